The van der Waals surface area contributed by atoms with Crippen molar-refractivity contribution in [2.75, 3.05) is 19.7 Å². The van der Waals surface area contributed by atoms with Crippen LogP contribution >= 0.6 is 0 Å². The molecule has 1 unspecified atom stereocenters. The van der Waals surface area contributed by atoms with Gasteiger partial charge in [0.15, 0.2) is 11.5 Å². The average molecular weight is 402 g/mol. The van der Waals surface area contributed by atoms with Crippen molar-refractivity contribution < 1.29 is 19.5 Å². The fourth-order valence-corrected chi connectivity index (χ4v) is 4.36. The van der Waals surface area contributed by atoms with Gasteiger partial charge < -0.3 is 14.3 Å². The van der Waals surface area contributed by atoms with Crippen LogP contribution in [0.4, 0.5) is 0 Å². The van der Waals surface area contributed by atoms with Gasteiger partial charge in [-0.2, -0.15) is 0 Å². The molecule has 7 nitrogen and oxygen atoms in total. The minimum atomic E-state index is -0.634. The van der Waals surface area contributed by atoms with Gasteiger partial charge in [0.05, 0.1) is 18.8 Å². The van der Waals surface area contributed by atoms with Crippen LogP contribution in [0.2, 0.25) is 0 Å². The lowest BCUT2D eigenvalue weighted by Crippen LogP contribution is -2.50. The molecule has 1 saturated carbocycles. The Hall–Kier alpha value is -2.30. The van der Waals surface area contributed by atoms with Crippen LogP contribution in [0, 0.1) is 6.57 Å². The number of hydrogen-bond acceptors (Lipinski definition) is 5. The summed E-state index contributed by atoms with van der Waals surface area (Å²) < 4.78 is 12.0. The van der Waals surface area contributed by atoms with Gasteiger partial charge in [0, 0.05) is 31.5 Å². The van der Waals surface area contributed by atoms with Gasteiger partial charge in [-0.3, -0.25) is 14.9 Å². The first kappa shape index (κ1) is 21.4. The van der Waals surface area contributed by atoms with Crippen molar-refractivity contribution in [3.05, 3.63) is 35.2 Å². The molecule has 1 aliphatic carbocycles. The van der Waals surface area contributed by atoms with Gasteiger partial charge in [0.1, 0.15) is 0 Å². The SMILES string of the molecule is [C-]#[N+]C1(c2ccc(OCC)c(OC3CCCC3)c2)CCN(C(C)C(=O)NO)CC1. The molecule has 0 radical (unpaired) electrons. The summed E-state index contributed by atoms with van der Waals surface area (Å²) in [5, 5.41) is 8.88. The standard InChI is InChI=1S/C22H31N3O4/c1-4-28-19-10-9-17(15-20(19)29-18-7-5-6-8-18)22(23-3)11-13-25(14-12-22)16(2)21(26)24-27/h9-10,15-16,18,27H,4-8,11-14H2,1-2H3,(H,24,26). The van der Waals surface area contributed by atoms with Crippen LogP contribution in [0.25, 0.3) is 4.85 Å². The number of carbonyl (C=O) groups is 1. The zero-order chi connectivity index (χ0) is 20.9. The fraction of sp³-hybridized carbons (Fsp3) is 0.636. The molecule has 7 heteroatoms. The van der Waals surface area contributed by atoms with E-state index in [1.807, 2.05) is 30.0 Å². The van der Waals surface area contributed by atoms with Crippen LogP contribution in [0.15, 0.2) is 18.2 Å². The molecule has 1 heterocycles. The second-order valence-electron chi connectivity index (χ2n) is 7.95. The number of amides is 1. The van der Waals surface area contributed by atoms with E-state index in [1.54, 1.807) is 12.4 Å². The number of hydroxylamine groups is 1. The molecule has 0 aromatic heterocycles. The number of piperidine rings is 1. The van der Waals surface area contributed by atoms with Crippen LogP contribution in [0.5, 0.6) is 11.5 Å². The Morgan fingerprint density at radius 1 is 1.34 bits per heavy atom. The zero-order valence-corrected chi connectivity index (χ0v) is 17.3. The third kappa shape index (κ3) is 4.65. The van der Waals surface area contributed by atoms with Crippen LogP contribution < -0.4 is 15.0 Å². The van der Waals surface area contributed by atoms with E-state index in [0.29, 0.717) is 32.5 Å². The summed E-state index contributed by atoms with van der Waals surface area (Å²) in [6.45, 7) is 13.4. The van der Waals surface area contributed by atoms with E-state index in [1.165, 1.54) is 12.8 Å². The molecule has 0 spiro atoms. The molecule has 2 fully saturated rings. The summed E-state index contributed by atoms with van der Waals surface area (Å²) in [6.07, 6.45) is 5.96. The number of rotatable bonds is 7. The Balaban J connectivity index is 1.80. The van der Waals surface area contributed by atoms with E-state index in [2.05, 4.69) is 4.85 Å². The molecule has 0 bridgehead atoms. The van der Waals surface area contributed by atoms with Crippen LogP contribution in [-0.2, 0) is 10.3 Å². The molecule has 2 N–H and O–H groups in total. The molecule has 1 aliphatic heterocycles. The van der Waals surface area contributed by atoms with Crippen molar-refractivity contribution in [2.45, 2.75) is 70.1 Å². The van der Waals surface area contributed by atoms with Gasteiger partial charge in [0.25, 0.3) is 11.4 Å². The quantitative estimate of drug-likeness (QED) is 0.415. The molecule has 1 amide bonds. The number of nitrogens with one attached hydrogen (secondary N) is 1. The molecular weight excluding hydrogens is 370 g/mol. The minimum absolute atomic E-state index is 0.216. The molecule has 29 heavy (non-hydrogen) atoms. The lowest BCUT2D eigenvalue weighted by molar-refractivity contribution is -0.134. The maximum absolute atomic E-state index is 11.7. The van der Waals surface area contributed by atoms with Crippen molar-refractivity contribution in [3.8, 4) is 11.5 Å². The third-order valence-corrected chi connectivity index (χ3v) is 6.25. The zero-order valence-electron chi connectivity index (χ0n) is 17.3. The number of nitrogens with zero attached hydrogens (tertiary/aromatic N) is 2. The maximum atomic E-state index is 11.7. The van der Waals surface area contributed by atoms with E-state index >= 15 is 0 Å². The number of carbonyl (C=O) groups excluding carboxylic acids is 1. The van der Waals surface area contributed by atoms with E-state index in [-0.39, 0.29) is 6.10 Å². The first-order chi connectivity index (χ1) is 14.0. The normalized spacial score (nSPS) is 20.6. The Kier molecular flexibility index (Phi) is 6.99. The van der Waals surface area contributed by atoms with Gasteiger partial charge in [0.2, 0.25) is 0 Å². The summed E-state index contributed by atoms with van der Waals surface area (Å²) in [7, 11) is 0. The molecule has 1 aromatic rings. The smallest absolute Gasteiger partial charge is 0.260 e. The van der Waals surface area contributed by atoms with E-state index in [9.17, 15) is 4.79 Å². The van der Waals surface area contributed by atoms with Crippen molar-refractivity contribution >= 4 is 5.91 Å². The van der Waals surface area contributed by atoms with Crippen LogP contribution in [-0.4, -0.2) is 47.9 Å². The van der Waals surface area contributed by atoms with Crippen molar-refractivity contribution in [1.82, 2.24) is 10.4 Å². The predicted molar refractivity (Wildman–Crippen MR) is 109 cm³/mol. The second kappa shape index (κ2) is 9.47. The maximum Gasteiger partial charge on any atom is 0.260 e. The Labute approximate surface area is 172 Å². The van der Waals surface area contributed by atoms with Crippen molar-refractivity contribution in [1.29, 1.82) is 0 Å². The predicted octanol–water partition coefficient (Wildman–Crippen LogP) is 3.51. The summed E-state index contributed by atoms with van der Waals surface area (Å²) >= 11 is 0. The average Bonchev–Trinajstić information content (AvgIpc) is 3.27. The van der Waals surface area contributed by atoms with Crippen LogP contribution in [0.1, 0.15) is 57.9 Å². The number of hydrogen-bond donors (Lipinski definition) is 2. The van der Waals surface area contributed by atoms with Crippen LogP contribution in [0.3, 0.4) is 0 Å². The molecular formula is C22H31N3O4. The first-order valence-electron chi connectivity index (χ1n) is 10.5. The van der Waals surface area contributed by atoms with Gasteiger partial charge >= 0.3 is 0 Å². The highest BCUT2D eigenvalue weighted by Crippen LogP contribution is 2.42. The Bertz CT molecular complexity index is 747. The fourth-order valence-electron chi connectivity index (χ4n) is 4.36. The monoisotopic (exact) mass is 401 g/mol. The minimum Gasteiger partial charge on any atom is -0.490 e. The highest BCUT2D eigenvalue weighted by Gasteiger charge is 2.44. The highest BCUT2D eigenvalue weighted by molar-refractivity contribution is 5.80. The molecule has 2 aliphatic rings. The summed E-state index contributed by atoms with van der Waals surface area (Å²) in [4.78, 5) is 17.8. The van der Waals surface area contributed by atoms with Gasteiger partial charge in [-0.25, -0.2) is 12.1 Å². The Morgan fingerprint density at radius 3 is 2.62 bits per heavy atom. The lowest BCUT2D eigenvalue weighted by Gasteiger charge is -2.36. The third-order valence-electron chi connectivity index (χ3n) is 6.25. The van der Waals surface area contributed by atoms with Crippen molar-refractivity contribution in [3.63, 3.8) is 0 Å². The molecule has 1 atom stereocenters. The van der Waals surface area contributed by atoms with E-state index in [4.69, 9.17) is 21.3 Å². The second-order valence-corrected chi connectivity index (χ2v) is 7.95. The largest absolute Gasteiger partial charge is 0.490 e. The van der Waals surface area contributed by atoms with E-state index < -0.39 is 17.5 Å². The lowest BCUT2D eigenvalue weighted by atomic mass is 9.81. The molecule has 1 saturated heterocycles. The molecule has 1 aromatic carbocycles. The summed E-state index contributed by atoms with van der Waals surface area (Å²) in [5.74, 6) is 1.04. The number of benzene rings is 1. The number of likely N-dealkylation sites (tertiary alicyclic amines) is 1. The molecule has 3 rings (SSSR count). The van der Waals surface area contributed by atoms with Gasteiger partial charge in [-0.05, 0) is 57.7 Å². The Morgan fingerprint density at radius 2 is 2.03 bits per heavy atom. The summed E-state index contributed by atoms with van der Waals surface area (Å²) in [6, 6.07) is 5.46. The molecule has 158 valence electrons. The van der Waals surface area contributed by atoms with E-state index in [0.717, 1.165) is 29.9 Å². The first-order valence-corrected chi connectivity index (χ1v) is 10.5. The van der Waals surface area contributed by atoms with Gasteiger partial charge in [-0.1, -0.05) is 0 Å². The highest BCUT2D eigenvalue weighted by atomic mass is 16.5. The van der Waals surface area contributed by atoms with Crippen molar-refractivity contribution in [2.24, 2.45) is 0 Å². The van der Waals surface area contributed by atoms with Gasteiger partial charge in [-0.15, -0.1) is 0 Å². The topological polar surface area (TPSA) is 75.4 Å². The summed E-state index contributed by atoms with van der Waals surface area (Å²) in [5.41, 5.74) is 2.03. The number of ether oxygens (including phenoxy) is 2.